The van der Waals surface area contributed by atoms with Gasteiger partial charge in [0.2, 0.25) is 0 Å². The van der Waals surface area contributed by atoms with E-state index in [1.807, 2.05) is 0 Å². The van der Waals surface area contributed by atoms with Crippen LogP contribution >= 0.6 is 0 Å². The number of fused-ring (bicyclic) bond motifs is 9. The molecular weight excluding hydrogens is 881 g/mol. The highest BCUT2D eigenvalue weighted by molar-refractivity contribution is 5.91. The molecule has 0 aliphatic heterocycles. The second-order valence-corrected chi connectivity index (χ2v) is 21.8. The minimum Gasteiger partial charge on any atom is -0.310 e. The molecule has 0 unspecified atom stereocenters. The monoisotopic (exact) mass is 938 g/mol. The molecular formula is C71H58N2. The van der Waals surface area contributed by atoms with Gasteiger partial charge < -0.3 is 9.80 Å². The molecule has 352 valence electrons. The van der Waals surface area contributed by atoms with Gasteiger partial charge in [0.15, 0.2) is 0 Å². The summed E-state index contributed by atoms with van der Waals surface area (Å²) in [6.07, 6.45) is 4.59. The molecule has 10 aromatic carbocycles. The van der Waals surface area contributed by atoms with E-state index in [0.717, 1.165) is 34.1 Å². The highest BCUT2D eigenvalue weighted by Crippen LogP contribution is 2.55. The molecule has 2 nitrogen and oxygen atoms in total. The van der Waals surface area contributed by atoms with Gasteiger partial charge >= 0.3 is 0 Å². The van der Waals surface area contributed by atoms with Crippen LogP contribution in [0.15, 0.2) is 231 Å². The van der Waals surface area contributed by atoms with Crippen molar-refractivity contribution in [1.82, 2.24) is 0 Å². The molecule has 13 rings (SSSR count). The maximum absolute atomic E-state index is 2.46. The van der Waals surface area contributed by atoms with Crippen molar-refractivity contribution >= 4 is 46.3 Å². The molecule has 2 heteroatoms. The lowest BCUT2D eigenvalue weighted by atomic mass is 9.81. The van der Waals surface area contributed by atoms with Crippen molar-refractivity contribution in [2.45, 2.75) is 57.8 Å². The number of benzene rings is 10. The Hall–Kier alpha value is -8.46. The summed E-state index contributed by atoms with van der Waals surface area (Å²) < 4.78 is 0. The zero-order chi connectivity index (χ0) is 49.6. The van der Waals surface area contributed by atoms with Crippen LogP contribution in [-0.4, -0.2) is 0 Å². The number of hydrogen-bond donors (Lipinski definition) is 0. The van der Waals surface area contributed by atoms with Gasteiger partial charge in [0.25, 0.3) is 0 Å². The minimum absolute atomic E-state index is 0.110. The number of para-hydroxylation sites is 2. The summed E-state index contributed by atoms with van der Waals surface area (Å²) in [5, 5.41) is 0. The number of hydrogen-bond acceptors (Lipinski definition) is 2. The van der Waals surface area contributed by atoms with Crippen LogP contribution in [-0.2, 0) is 16.2 Å². The smallest absolute Gasteiger partial charge is 0.0465 e. The van der Waals surface area contributed by atoms with E-state index in [9.17, 15) is 0 Å². The van der Waals surface area contributed by atoms with Gasteiger partial charge in [-0.3, -0.25) is 0 Å². The molecule has 0 atom stereocenters. The first-order valence-electron chi connectivity index (χ1n) is 25.8. The Morgan fingerprint density at radius 3 is 1.00 bits per heavy atom. The van der Waals surface area contributed by atoms with Crippen molar-refractivity contribution in [2.24, 2.45) is 0 Å². The predicted octanol–water partition coefficient (Wildman–Crippen LogP) is 19.4. The van der Waals surface area contributed by atoms with E-state index in [1.54, 1.807) is 0 Å². The summed E-state index contributed by atoms with van der Waals surface area (Å²) in [7, 11) is 0. The third-order valence-electron chi connectivity index (χ3n) is 16.4. The van der Waals surface area contributed by atoms with Crippen LogP contribution in [0.3, 0.4) is 0 Å². The summed E-state index contributed by atoms with van der Waals surface area (Å²) in [6, 6.07) is 85.4. The van der Waals surface area contributed by atoms with E-state index in [-0.39, 0.29) is 16.2 Å². The fourth-order valence-corrected chi connectivity index (χ4v) is 12.5. The van der Waals surface area contributed by atoms with Crippen LogP contribution < -0.4 is 9.80 Å². The number of nitrogens with zero attached hydrogens (tertiary/aromatic N) is 2. The van der Waals surface area contributed by atoms with Crippen LogP contribution in [0.4, 0.5) is 34.1 Å². The van der Waals surface area contributed by atoms with E-state index in [0.29, 0.717) is 0 Å². The Balaban J connectivity index is 0.812. The molecule has 0 saturated heterocycles. The lowest BCUT2D eigenvalue weighted by Crippen LogP contribution is -2.18. The molecule has 0 amide bonds. The zero-order valence-electron chi connectivity index (χ0n) is 42.5. The Kier molecular flexibility index (Phi) is 10.3. The number of rotatable bonds is 9. The maximum atomic E-state index is 2.46. The third kappa shape index (κ3) is 7.22. The van der Waals surface area contributed by atoms with Gasteiger partial charge in [-0.2, -0.15) is 0 Å². The molecule has 3 aliphatic rings. The average Bonchev–Trinajstić information content (AvgIpc) is 3.90. The SMILES string of the molecule is CC1(C)c2ccccc2-c2ccc(N(c3ccc(-c4ccccc4)cc3)c3ccc4c(c3)C(C)(C)c3cc(/C=C/c5ccc6c(c5)C(C)(C)c5cc(N(c7ccccc7)c7ccccc7)ccc5-6)ccc3-4)cc21. The average molecular weight is 939 g/mol. The van der Waals surface area contributed by atoms with E-state index >= 15 is 0 Å². The zero-order valence-corrected chi connectivity index (χ0v) is 42.5. The van der Waals surface area contributed by atoms with E-state index < -0.39 is 0 Å². The molecule has 0 aromatic heterocycles. The maximum Gasteiger partial charge on any atom is 0.0465 e. The summed E-state index contributed by atoms with van der Waals surface area (Å²) in [5.74, 6) is 0. The van der Waals surface area contributed by atoms with Crippen LogP contribution in [0.1, 0.15) is 86.1 Å². The standard InChI is InChI=1S/C71H58N2/c1-69(2)63-25-17-16-24-57(63)60-39-35-55(45-66(60)69)73(53-32-30-50(31-33-53)49-18-10-7-11-19-49)56-36-41-62-59-38-29-48(43-65(59)71(5,6)68(62)46-56)27-26-47-28-37-58-61-40-34-54(44-67(61)70(3,4)64(58)42-47)72(51-20-12-8-13-21-51)52-22-14-9-15-23-52/h7-46H,1-6H3/b27-26+. The molecule has 73 heavy (non-hydrogen) atoms. The topological polar surface area (TPSA) is 6.48 Å². The summed E-state index contributed by atoms with van der Waals surface area (Å²) in [6.45, 7) is 14.3. The van der Waals surface area contributed by atoms with Crippen molar-refractivity contribution in [3.8, 4) is 44.5 Å². The van der Waals surface area contributed by atoms with Gasteiger partial charge in [-0.1, -0.05) is 211 Å². The van der Waals surface area contributed by atoms with Crippen LogP contribution in [0.25, 0.3) is 56.7 Å². The fourth-order valence-electron chi connectivity index (χ4n) is 12.5. The van der Waals surface area contributed by atoms with Crippen molar-refractivity contribution < 1.29 is 0 Å². The quantitative estimate of drug-likeness (QED) is 0.133. The lowest BCUT2D eigenvalue weighted by Gasteiger charge is -2.30. The molecule has 10 aromatic rings. The van der Waals surface area contributed by atoms with Gasteiger partial charge in [-0.05, 0) is 162 Å². The first kappa shape index (κ1) is 44.5. The Labute approximate surface area is 431 Å². The molecule has 0 heterocycles. The summed E-state index contributed by atoms with van der Waals surface area (Å²) in [4.78, 5) is 4.82. The normalized spacial score (nSPS) is 14.7. The molecule has 0 spiro atoms. The second kappa shape index (κ2) is 16.8. The lowest BCUT2D eigenvalue weighted by molar-refractivity contribution is 0.659. The van der Waals surface area contributed by atoms with Crippen LogP contribution in [0, 0.1) is 0 Å². The predicted molar refractivity (Wildman–Crippen MR) is 309 cm³/mol. The third-order valence-corrected chi connectivity index (χ3v) is 16.4. The highest BCUT2D eigenvalue weighted by Gasteiger charge is 2.39. The fraction of sp³-hybridized carbons (Fsp3) is 0.127. The molecule has 0 fully saturated rings. The Morgan fingerprint density at radius 2 is 0.548 bits per heavy atom. The summed E-state index contributed by atoms with van der Waals surface area (Å²) in [5.41, 5.74) is 27.4. The molecule has 3 aliphatic carbocycles. The van der Waals surface area contributed by atoms with E-state index in [2.05, 4.69) is 294 Å². The van der Waals surface area contributed by atoms with Gasteiger partial charge in [0.05, 0.1) is 0 Å². The molecule has 0 saturated carbocycles. The van der Waals surface area contributed by atoms with Gasteiger partial charge in [0.1, 0.15) is 0 Å². The van der Waals surface area contributed by atoms with Gasteiger partial charge in [-0.15, -0.1) is 0 Å². The molecule has 0 bridgehead atoms. The molecule has 0 radical (unpaired) electrons. The minimum atomic E-state index is -0.215. The summed E-state index contributed by atoms with van der Waals surface area (Å²) >= 11 is 0. The van der Waals surface area contributed by atoms with Crippen LogP contribution in [0.5, 0.6) is 0 Å². The highest BCUT2D eigenvalue weighted by atomic mass is 15.1. The van der Waals surface area contributed by atoms with Crippen molar-refractivity contribution in [3.05, 3.63) is 275 Å². The largest absolute Gasteiger partial charge is 0.310 e. The Morgan fingerprint density at radius 1 is 0.247 bits per heavy atom. The van der Waals surface area contributed by atoms with Crippen LogP contribution in [0.2, 0.25) is 0 Å². The van der Waals surface area contributed by atoms with E-state index in [4.69, 9.17) is 0 Å². The number of anilines is 6. The van der Waals surface area contributed by atoms with Crippen molar-refractivity contribution in [3.63, 3.8) is 0 Å². The molecule has 0 N–H and O–H groups in total. The Bertz CT molecular complexity index is 3760. The van der Waals surface area contributed by atoms with Crippen molar-refractivity contribution in [1.29, 1.82) is 0 Å². The first-order chi connectivity index (χ1) is 35.4. The van der Waals surface area contributed by atoms with Gasteiger partial charge in [0, 0.05) is 50.4 Å². The first-order valence-corrected chi connectivity index (χ1v) is 25.8. The van der Waals surface area contributed by atoms with Gasteiger partial charge in [-0.25, -0.2) is 0 Å². The van der Waals surface area contributed by atoms with Crippen molar-refractivity contribution in [2.75, 3.05) is 9.80 Å². The van der Waals surface area contributed by atoms with E-state index in [1.165, 1.54) is 89.0 Å². The second-order valence-electron chi connectivity index (χ2n) is 21.8.